The van der Waals surface area contributed by atoms with Gasteiger partial charge in [-0.25, -0.2) is 0 Å². The molecule has 1 aliphatic heterocycles. The van der Waals surface area contributed by atoms with Gasteiger partial charge in [0, 0.05) is 18.7 Å². The Morgan fingerprint density at radius 3 is 3.20 bits per heavy atom. The Kier molecular flexibility index (Phi) is 5.87. The summed E-state index contributed by atoms with van der Waals surface area (Å²) in [4.78, 5) is 2.38. The first-order valence-electron chi connectivity index (χ1n) is 7.07. The molecule has 1 aliphatic rings. The Hall–Kier alpha value is -1.54. The molecule has 0 spiro atoms. The minimum absolute atomic E-state index is 0.141. The SMILES string of the molecule is CCN1CCOC(COc2cccc(C#CCN)c2)C1. The molecule has 1 heterocycles. The van der Waals surface area contributed by atoms with E-state index in [1.165, 1.54) is 0 Å². The van der Waals surface area contributed by atoms with Gasteiger partial charge in [0.25, 0.3) is 0 Å². The summed E-state index contributed by atoms with van der Waals surface area (Å²) in [5.74, 6) is 6.67. The van der Waals surface area contributed by atoms with Gasteiger partial charge in [-0.15, -0.1) is 0 Å². The monoisotopic (exact) mass is 274 g/mol. The minimum Gasteiger partial charge on any atom is -0.491 e. The highest BCUT2D eigenvalue weighted by Crippen LogP contribution is 2.14. The van der Waals surface area contributed by atoms with Crippen molar-refractivity contribution >= 4 is 0 Å². The van der Waals surface area contributed by atoms with Crippen LogP contribution in [0.2, 0.25) is 0 Å². The van der Waals surface area contributed by atoms with Gasteiger partial charge in [0.2, 0.25) is 0 Å². The Morgan fingerprint density at radius 1 is 1.50 bits per heavy atom. The number of nitrogens with zero attached hydrogens (tertiary/aromatic N) is 1. The molecule has 0 bridgehead atoms. The molecule has 0 radical (unpaired) electrons. The van der Waals surface area contributed by atoms with Gasteiger partial charge in [-0.05, 0) is 24.7 Å². The van der Waals surface area contributed by atoms with Crippen molar-refractivity contribution in [2.75, 3.05) is 39.4 Å². The minimum atomic E-state index is 0.141. The average Bonchev–Trinajstić information content (AvgIpc) is 2.51. The van der Waals surface area contributed by atoms with Crippen molar-refractivity contribution in [2.24, 2.45) is 5.73 Å². The lowest BCUT2D eigenvalue weighted by Crippen LogP contribution is -2.44. The van der Waals surface area contributed by atoms with Gasteiger partial charge in [-0.2, -0.15) is 0 Å². The van der Waals surface area contributed by atoms with Crippen LogP contribution in [0.3, 0.4) is 0 Å². The molecule has 2 N–H and O–H groups in total. The maximum Gasteiger partial charge on any atom is 0.120 e. The molecule has 0 saturated carbocycles. The molecule has 0 amide bonds. The summed E-state index contributed by atoms with van der Waals surface area (Å²) >= 11 is 0. The van der Waals surface area contributed by atoms with Crippen molar-refractivity contribution in [3.05, 3.63) is 29.8 Å². The van der Waals surface area contributed by atoms with Crippen molar-refractivity contribution in [1.29, 1.82) is 0 Å². The normalized spacial score (nSPS) is 19.2. The fraction of sp³-hybridized carbons (Fsp3) is 0.500. The third-order valence-corrected chi connectivity index (χ3v) is 3.27. The maximum absolute atomic E-state index is 5.81. The average molecular weight is 274 g/mol. The molecular weight excluding hydrogens is 252 g/mol. The van der Waals surface area contributed by atoms with Crippen LogP contribution >= 0.6 is 0 Å². The second-order valence-corrected chi connectivity index (χ2v) is 4.73. The quantitative estimate of drug-likeness (QED) is 0.835. The van der Waals surface area contributed by atoms with E-state index in [1.54, 1.807) is 0 Å². The number of benzene rings is 1. The first-order chi connectivity index (χ1) is 9.81. The van der Waals surface area contributed by atoms with Crippen LogP contribution in [0.15, 0.2) is 24.3 Å². The van der Waals surface area contributed by atoms with E-state index in [0.717, 1.165) is 37.6 Å². The van der Waals surface area contributed by atoms with Crippen LogP contribution in [0.4, 0.5) is 0 Å². The van der Waals surface area contributed by atoms with Gasteiger partial charge in [0.15, 0.2) is 0 Å². The van der Waals surface area contributed by atoms with E-state index >= 15 is 0 Å². The third kappa shape index (κ3) is 4.53. The van der Waals surface area contributed by atoms with Gasteiger partial charge in [0.1, 0.15) is 18.5 Å². The van der Waals surface area contributed by atoms with Crippen LogP contribution in [-0.4, -0.2) is 50.4 Å². The summed E-state index contributed by atoms with van der Waals surface area (Å²) in [6, 6.07) is 7.76. The smallest absolute Gasteiger partial charge is 0.120 e. The van der Waals surface area contributed by atoms with Gasteiger partial charge >= 0.3 is 0 Å². The molecule has 20 heavy (non-hydrogen) atoms. The zero-order chi connectivity index (χ0) is 14.2. The van der Waals surface area contributed by atoms with E-state index < -0.39 is 0 Å². The highest BCUT2D eigenvalue weighted by atomic mass is 16.5. The molecular formula is C16H22N2O2. The van der Waals surface area contributed by atoms with Crippen molar-refractivity contribution in [3.8, 4) is 17.6 Å². The Bertz CT molecular complexity index is 479. The van der Waals surface area contributed by atoms with Crippen molar-refractivity contribution in [2.45, 2.75) is 13.0 Å². The number of rotatable bonds is 4. The fourth-order valence-electron chi connectivity index (χ4n) is 2.17. The zero-order valence-corrected chi connectivity index (χ0v) is 12.0. The molecule has 1 fully saturated rings. The van der Waals surface area contributed by atoms with Crippen molar-refractivity contribution in [1.82, 2.24) is 4.90 Å². The number of hydrogen-bond acceptors (Lipinski definition) is 4. The van der Waals surface area contributed by atoms with E-state index in [1.807, 2.05) is 24.3 Å². The second kappa shape index (κ2) is 7.91. The van der Waals surface area contributed by atoms with Gasteiger partial charge in [-0.1, -0.05) is 24.8 Å². The number of ether oxygens (including phenoxy) is 2. The van der Waals surface area contributed by atoms with E-state index in [-0.39, 0.29) is 6.10 Å². The Labute approximate surface area is 120 Å². The Balaban J connectivity index is 1.87. The van der Waals surface area contributed by atoms with Crippen LogP contribution in [-0.2, 0) is 4.74 Å². The molecule has 1 aromatic rings. The van der Waals surface area contributed by atoms with Gasteiger partial charge < -0.3 is 15.2 Å². The first-order valence-corrected chi connectivity index (χ1v) is 7.07. The lowest BCUT2D eigenvalue weighted by molar-refractivity contribution is -0.0464. The highest BCUT2D eigenvalue weighted by molar-refractivity contribution is 5.39. The van der Waals surface area contributed by atoms with Crippen molar-refractivity contribution < 1.29 is 9.47 Å². The third-order valence-electron chi connectivity index (χ3n) is 3.27. The molecule has 4 heteroatoms. The Morgan fingerprint density at radius 2 is 2.40 bits per heavy atom. The topological polar surface area (TPSA) is 47.7 Å². The maximum atomic E-state index is 5.81. The predicted octanol–water partition coefficient (Wildman–Crippen LogP) is 1.10. The largest absolute Gasteiger partial charge is 0.491 e. The molecule has 0 aliphatic carbocycles. The molecule has 2 rings (SSSR count). The van der Waals surface area contributed by atoms with Crippen LogP contribution in [0.25, 0.3) is 0 Å². The molecule has 1 atom stereocenters. The summed E-state index contributed by atoms with van der Waals surface area (Å²) in [6.45, 7) is 6.90. The van der Waals surface area contributed by atoms with Crippen LogP contribution in [0.1, 0.15) is 12.5 Å². The zero-order valence-electron chi connectivity index (χ0n) is 12.0. The standard InChI is InChI=1S/C16H22N2O2/c1-2-18-9-10-19-16(12-18)13-20-15-7-3-5-14(11-15)6-4-8-17/h3,5,7,11,16H,2,8-10,12-13,17H2,1H3. The van der Waals surface area contributed by atoms with E-state index in [4.69, 9.17) is 15.2 Å². The molecule has 108 valence electrons. The summed E-state index contributed by atoms with van der Waals surface area (Å²) < 4.78 is 11.5. The fourth-order valence-corrected chi connectivity index (χ4v) is 2.17. The molecule has 1 saturated heterocycles. The molecule has 0 aromatic heterocycles. The van der Waals surface area contributed by atoms with E-state index in [2.05, 4.69) is 23.7 Å². The lowest BCUT2D eigenvalue weighted by Gasteiger charge is -2.31. The summed E-state index contributed by atoms with van der Waals surface area (Å²) in [5, 5.41) is 0. The number of nitrogens with two attached hydrogens (primary N) is 1. The second-order valence-electron chi connectivity index (χ2n) is 4.73. The number of likely N-dealkylation sites (N-methyl/N-ethyl adjacent to an activating group) is 1. The van der Waals surface area contributed by atoms with E-state index in [0.29, 0.717) is 13.2 Å². The van der Waals surface area contributed by atoms with Crippen LogP contribution in [0, 0.1) is 11.8 Å². The van der Waals surface area contributed by atoms with Gasteiger partial charge in [-0.3, -0.25) is 4.90 Å². The molecule has 4 nitrogen and oxygen atoms in total. The van der Waals surface area contributed by atoms with E-state index in [9.17, 15) is 0 Å². The molecule has 1 unspecified atom stereocenters. The summed E-state index contributed by atoms with van der Waals surface area (Å²) in [6.07, 6.45) is 0.141. The summed E-state index contributed by atoms with van der Waals surface area (Å²) in [7, 11) is 0. The lowest BCUT2D eigenvalue weighted by atomic mass is 10.2. The van der Waals surface area contributed by atoms with Crippen LogP contribution in [0.5, 0.6) is 5.75 Å². The van der Waals surface area contributed by atoms with Crippen LogP contribution < -0.4 is 10.5 Å². The number of hydrogen-bond donors (Lipinski definition) is 1. The van der Waals surface area contributed by atoms with Gasteiger partial charge in [0.05, 0.1) is 13.2 Å². The predicted molar refractivity (Wildman–Crippen MR) is 79.7 cm³/mol. The first kappa shape index (κ1) is 14.9. The van der Waals surface area contributed by atoms with Crippen molar-refractivity contribution in [3.63, 3.8) is 0 Å². The number of morpholine rings is 1. The highest BCUT2D eigenvalue weighted by Gasteiger charge is 2.19. The molecule has 1 aromatic carbocycles. The summed E-state index contributed by atoms with van der Waals surface area (Å²) in [5.41, 5.74) is 6.29.